The van der Waals surface area contributed by atoms with Gasteiger partial charge < -0.3 is 9.47 Å². The Morgan fingerprint density at radius 2 is 1.25 bits per heavy atom. The summed E-state index contributed by atoms with van der Waals surface area (Å²) in [6.07, 6.45) is 0. The third-order valence-electron chi connectivity index (χ3n) is 5.20. The molecule has 0 aliphatic rings. The molecule has 0 N–H and O–H groups in total. The van der Waals surface area contributed by atoms with Crippen molar-refractivity contribution in [2.45, 2.75) is 13.1 Å². The largest absolute Gasteiger partial charge is 0.497 e. The summed E-state index contributed by atoms with van der Waals surface area (Å²) in [6, 6.07) is 15.7. The summed E-state index contributed by atoms with van der Waals surface area (Å²) >= 11 is 7.39. The van der Waals surface area contributed by atoms with Gasteiger partial charge in [0, 0.05) is 0 Å². The molecule has 0 bridgehead atoms. The molecule has 8 nitrogen and oxygen atoms in total. The molecule has 10 heteroatoms. The zero-order chi connectivity index (χ0) is 22.2. The molecule has 3 aromatic carbocycles. The molecule has 0 spiro atoms. The number of hydrogen-bond acceptors (Lipinski definition) is 6. The van der Waals surface area contributed by atoms with Gasteiger partial charge in [-0.3, -0.25) is 0 Å². The third-order valence-corrected chi connectivity index (χ3v) is 6.70. The number of ether oxygens (including phenoxy) is 2. The minimum atomic E-state index is 0.541. The van der Waals surface area contributed by atoms with E-state index in [1.807, 2.05) is 53.2 Å². The van der Waals surface area contributed by atoms with Gasteiger partial charge in [0.25, 0.3) is 0 Å². The van der Waals surface area contributed by atoms with E-state index in [9.17, 15) is 0 Å². The second kappa shape index (κ2) is 8.51. The Morgan fingerprint density at radius 3 is 1.81 bits per heavy atom. The maximum atomic E-state index is 5.24. The molecule has 0 saturated heterocycles. The van der Waals surface area contributed by atoms with Crippen LogP contribution < -0.4 is 9.47 Å². The van der Waals surface area contributed by atoms with E-state index in [1.165, 1.54) is 0 Å². The SMILES string of the molecule is COc1ccc(Cn2nc3c(Br)c4nnn(Cc5ccc(OC)cc5)c4c(Br)c3n2)cc1. The fraction of sp³-hybridized carbons (Fsp3) is 0.182. The number of fused-ring (bicyclic) bond motifs is 2. The van der Waals surface area contributed by atoms with Crippen LogP contribution >= 0.6 is 31.9 Å². The molecular formula is C22H18Br2N6O2. The number of aromatic nitrogens is 6. The standard InChI is InChI=1S/C22H18Br2N6O2/c1-31-15-7-3-13(4-8-15)11-29-22-18(24)20-19(17(23)21(22)25-28-29)26-30(27-20)12-14-5-9-16(32-2)10-6-14/h3-10H,11-12H2,1-2H3. The first-order chi connectivity index (χ1) is 15.6. The Kier molecular flexibility index (Phi) is 5.56. The molecule has 0 saturated carbocycles. The lowest BCUT2D eigenvalue weighted by atomic mass is 10.2. The smallest absolute Gasteiger partial charge is 0.131 e. The van der Waals surface area contributed by atoms with E-state index in [0.29, 0.717) is 13.1 Å². The van der Waals surface area contributed by atoms with Crippen molar-refractivity contribution in [1.82, 2.24) is 30.0 Å². The van der Waals surface area contributed by atoms with Gasteiger partial charge in [-0.15, -0.1) is 5.10 Å². The second-order valence-corrected chi connectivity index (χ2v) is 8.78. The van der Waals surface area contributed by atoms with E-state index in [4.69, 9.17) is 14.6 Å². The first kappa shape index (κ1) is 20.9. The molecule has 0 radical (unpaired) electrons. The minimum Gasteiger partial charge on any atom is -0.497 e. The number of halogens is 2. The van der Waals surface area contributed by atoms with E-state index < -0.39 is 0 Å². The van der Waals surface area contributed by atoms with Gasteiger partial charge in [0.05, 0.1) is 36.3 Å². The van der Waals surface area contributed by atoms with Crippen molar-refractivity contribution in [1.29, 1.82) is 0 Å². The van der Waals surface area contributed by atoms with Gasteiger partial charge >= 0.3 is 0 Å². The average molecular weight is 558 g/mol. The Hall–Kier alpha value is -2.98. The van der Waals surface area contributed by atoms with Crippen LogP contribution in [-0.2, 0) is 13.1 Å². The van der Waals surface area contributed by atoms with Gasteiger partial charge in [-0.1, -0.05) is 29.5 Å². The van der Waals surface area contributed by atoms with Crippen LogP contribution in [0.15, 0.2) is 57.5 Å². The van der Waals surface area contributed by atoms with Gasteiger partial charge in [0.15, 0.2) is 0 Å². The summed E-state index contributed by atoms with van der Waals surface area (Å²) in [5.74, 6) is 1.63. The van der Waals surface area contributed by atoms with Gasteiger partial charge in [-0.05, 0) is 67.3 Å². The number of methoxy groups -OCH3 is 2. The molecule has 0 atom stereocenters. The summed E-state index contributed by atoms with van der Waals surface area (Å²) in [5, 5.41) is 18.2. The highest BCUT2D eigenvalue weighted by Gasteiger charge is 2.21. The summed E-state index contributed by atoms with van der Waals surface area (Å²) < 4.78 is 13.9. The van der Waals surface area contributed by atoms with Crippen LogP contribution in [0.4, 0.5) is 0 Å². The number of benzene rings is 3. The Morgan fingerprint density at radius 1 is 0.719 bits per heavy atom. The summed E-state index contributed by atoms with van der Waals surface area (Å²) in [7, 11) is 3.31. The molecule has 0 unspecified atom stereocenters. The Labute approximate surface area is 200 Å². The van der Waals surface area contributed by atoms with Crippen LogP contribution in [-0.4, -0.2) is 44.2 Å². The third kappa shape index (κ3) is 3.73. The summed E-state index contributed by atoms with van der Waals surface area (Å²) in [6.45, 7) is 1.11. The first-order valence-electron chi connectivity index (χ1n) is 9.78. The minimum absolute atomic E-state index is 0.541. The fourth-order valence-electron chi connectivity index (χ4n) is 3.53. The molecule has 32 heavy (non-hydrogen) atoms. The molecule has 5 rings (SSSR count). The summed E-state index contributed by atoms with van der Waals surface area (Å²) in [5.41, 5.74) is 5.23. The zero-order valence-electron chi connectivity index (χ0n) is 17.3. The van der Waals surface area contributed by atoms with Crippen molar-refractivity contribution in [2.75, 3.05) is 14.2 Å². The topological polar surface area (TPSA) is 79.9 Å². The van der Waals surface area contributed by atoms with Crippen molar-refractivity contribution >= 4 is 53.9 Å². The predicted octanol–water partition coefficient (Wildman–Crippen LogP) is 4.81. The van der Waals surface area contributed by atoms with E-state index in [-0.39, 0.29) is 0 Å². The highest BCUT2D eigenvalue weighted by molar-refractivity contribution is 9.11. The van der Waals surface area contributed by atoms with Crippen LogP contribution in [0.25, 0.3) is 22.1 Å². The maximum absolute atomic E-state index is 5.24. The molecule has 2 heterocycles. The van der Waals surface area contributed by atoms with E-state index in [2.05, 4.69) is 47.3 Å². The number of nitrogens with zero attached hydrogens (tertiary/aromatic N) is 6. The molecule has 0 fully saturated rings. The molecule has 5 aromatic rings. The van der Waals surface area contributed by atoms with E-state index in [0.717, 1.165) is 53.6 Å². The quantitative estimate of drug-likeness (QED) is 0.298. The van der Waals surface area contributed by atoms with Crippen molar-refractivity contribution in [3.05, 3.63) is 68.6 Å². The highest BCUT2D eigenvalue weighted by atomic mass is 79.9. The van der Waals surface area contributed by atoms with Gasteiger partial charge in [0.2, 0.25) is 0 Å². The van der Waals surface area contributed by atoms with Crippen molar-refractivity contribution in [3.8, 4) is 11.5 Å². The van der Waals surface area contributed by atoms with Crippen LogP contribution in [0.2, 0.25) is 0 Å². The Bertz CT molecular complexity index is 1410. The van der Waals surface area contributed by atoms with Crippen molar-refractivity contribution in [3.63, 3.8) is 0 Å². The van der Waals surface area contributed by atoms with Crippen molar-refractivity contribution < 1.29 is 9.47 Å². The lowest BCUT2D eigenvalue weighted by Gasteiger charge is -2.06. The van der Waals surface area contributed by atoms with Crippen molar-refractivity contribution in [2.24, 2.45) is 0 Å². The first-order valence-corrected chi connectivity index (χ1v) is 11.4. The molecule has 2 aromatic heterocycles. The predicted molar refractivity (Wildman–Crippen MR) is 128 cm³/mol. The van der Waals surface area contributed by atoms with Crippen LogP contribution in [0.5, 0.6) is 11.5 Å². The molecular weight excluding hydrogens is 540 g/mol. The molecule has 162 valence electrons. The molecule has 0 aliphatic heterocycles. The molecule has 0 amide bonds. The normalized spacial score (nSPS) is 11.4. The maximum Gasteiger partial charge on any atom is 0.131 e. The number of rotatable bonds is 6. The fourth-order valence-corrected chi connectivity index (χ4v) is 4.72. The van der Waals surface area contributed by atoms with Crippen LogP contribution in [0.1, 0.15) is 11.1 Å². The van der Waals surface area contributed by atoms with Crippen LogP contribution in [0.3, 0.4) is 0 Å². The van der Waals surface area contributed by atoms with E-state index in [1.54, 1.807) is 19.0 Å². The van der Waals surface area contributed by atoms with Gasteiger partial charge in [0.1, 0.15) is 33.6 Å². The second-order valence-electron chi connectivity index (χ2n) is 7.20. The average Bonchev–Trinajstić information content (AvgIpc) is 3.44. The lowest BCUT2D eigenvalue weighted by Crippen LogP contribution is -2.03. The molecule has 0 aliphatic carbocycles. The highest BCUT2D eigenvalue weighted by Crippen LogP contribution is 2.36. The monoisotopic (exact) mass is 556 g/mol. The number of hydrogen-bond donors (Lipinski definition) is 0. The Balaban J connectivity index is 1.53. The van der Waals surface area contributed by atoms with E-state index >= 15 is 0 Å². The van der Waals surface area contributed by atoms with Crippen LogP contribution in [0, 0.1) is 0 Å². The van der Waals surface area contributed by atoms with Gasteiger partial charge in [-0.2, -0.15) is 15.0 Å². The summed E-state index contributed by atoms with van der Waals surface area (Å²) in [4.78, 5) is 1.68. The van der Waals surface area contributed by atoms with Gasteiger partial charge in [-0.25, -0.2) is 4.68 Å². The zero-order valence-corrected chi connectivity index (χ0v) is 20.5. The lowest BCUT2D eigenvalue weighted by molar-refractivity contribution is 0.414.